The van der Waals surface area contributed by atoms with Crippen molar-refractivity contribution in [1.29, 1.82) is 0 Å². The molecule has 4 aromatic rings. The Bertz CT molecular complexity index is 1510. The number of hydrogen-bond acceptors (Lipinski definition) is 7. The second-order valence-electron chi connectivity index (χ2n) is 7.89. The summed E-state index contributed by atoms with van der Waals surface area (Å²) in [6.07, 6.45) is 5.67. The number of aromatic nitrogens is 3. The van der Waals surface area contributed by atoms with E-state index in [2.05, 4.69) is 26.8 Å². The molecule has 1 aliphatic rings. The van der Waals surface area contributed by atoms with Gasteiger partial charge in [0.15, 0.2) is 17.2 Å². The summed E-state index contributed by atoms with van der Waals surface area (Å²) in [5, 5.41) is 8.58. The van der Waals surface area contributed by atoms with Crippen LogP contribution in [0.1, 0.15) is 24.0 Å². The van der Waals surface area contributed by atoms with Crippen molar-refractivity contribution in [2.45, 2.75) is 24.3 Å². The van der Waals surface area contributed by atoms with Crippen molar-refractivity contribution in [2.75, 3.05) is 18.9 Å². The molecule has 0 aliphatic heterocycles. The zero-order valence-corrected chi connectivity index (χ0v) is 19.4. The largest absolute Gasteiger partial charge is 0.496 e. The first kappa shape index (κ1) is 21.9. The zero-order chi connectivity index (χ0) is 23.7. The Balaban J connectivity index is 1.50. The number of rotatable bonds is 7. The molecule has 1 fully saturated rings. The van der Waals surface area contributed by atoms with Crippen molar-refractivity contribution in [3.63, 3.8) is 0 Å². The van der Waals surface area contributed by atoms with Crippen LogP contribution < -0.4 is 14.2 Å². The fraction of sp³-hybridized carbons (Fsp3) is 0.250. The summed E-state index contributed by atoms with van der Waals surface area (Å²) in [4.78, 5) is -0.0389. The molecule has 10 heteroatoms. The van der Waals surface area contributed by atoms with Gasteiger partial charge in [0.05, 0.1) is 26.3 Å². The van der Waals surface area contributed by atoms with E-state index >= 15 is 0 Å². The fourth-order valence-electron chi connectivity index (χ4n) is 3.62. The molecule has 1 saturated carbocycles. The molecule has 0 saturated heterocycles. The van der Waals surface area contributed by atoms with Gasteiger partial charge in [0.25, 0.3) is 10.0 Å². The van der Waals surface area contributed by atoms with Crippen molar-refractivity contribution >= 4 is 26.8 Å². The number of methoxy groups -OCH3 is 2. The molecule has 2 aromatic carbocycles. The zero-order valence-electron chi connectivity index (χ0n) is 18.6. The van der Waals surface area contributed by atoms with Crippen molar-refractivity contribution in [3.8, 4) is 23.3 Å². The lowest BCUT2D eigenvalue weighted by molar-refractivity contribution is 0.401. The number of nitrogens with one attached hydrogen (secondary N) is 1. The van der Waals surface area contributed by atoms with Crippen molar-refractivity contribution < 1.29 is 22.4 Å². The molecule has 0 unspecified atom stereocenters. The van der Waals surface area contributed by atoms with Gasteiger partial charge >= 0.3 is 0 Å². The van der Waals surface area contributed by atoms with E-state index in [1.165, 1.54) is 20.3 Å². The summed E-state index contributed by atoms with van der Waals surface area (Å²) in [6.45, 7) is 0.493. The minimum absolute atomic E-state index is 0.0222. The van der Waals surface area contributed by atoms with E-state index in [0.717, 1.165) is 18.4 Å². The number of sulfonamides is 1. The van der Waals surface area contributed by atoms with Gasteiger partial charge in [-0.1, -0.05) is 23.1 Å². The second kappa shape index (κ2) is 8.76. The van der Waals surface area contributed by atoms with E-state index in [4.69, 9.17) is 14.0 Å². The predicted octanol–water partition coefficient (Wildman–Crippen LogP) is 3.65. The van der Waals surface area contributed by atoms with Crippen molar-refractivity contribution in [3.05, 3.63) is 59.9 Å². The van der Waals surface area contributed by atoms with E-state index in [-0.39, 0.29) is 16.5 Å². The number of anilines is 1. The summed E-state index contributed by atoms with van der Waals surface area (Å²) in [7, 11) is -1.15. The molecule has 2 heterocycles. The lowest BCUT2D eigenvalue weighted by Gasteiger charge is -2.12. The summed E-state index contributed by atoms with van der Waals surface area (Å²) in [6, 6.07) is 10.2. The maximum Gasteiger partial charge on any atom is 0.266 e. The first-order chi connectivity index (χ1) is 16.5. The van der Waals surface area contributed by atoms with Crippen LogP contribution in [0, 0.1) is 17.8 Å². The minimum Gasteiger partial charge on any atom is -0.496 e. The average molecular weight is 479 g/mol. The third kappa shape index (κ3) is 4.30. The monoisotopic (exact) mass is 478 g/mol. The normalized spacial score (nSPS) is 13.4. The van der Waals surface area contributed by atoms with Crippen LogP contribution >= 0.6 is 0 Å². The molecule has 1 aliphatic carbocycles. The van der Waals surface area contributed by atoms with E-state index < -0.39 is 10.0 Å². The van der Waals surface area contributed by atoms with Gasteiger partial charge in [-0.15, -0.1) is 0 Å². The van der Waals surface area contributed by atoms with Gasteiger partial charge in [-0.05, 0) is 48.7 Å². The van der Waals surface area contributed by atoms with Crippen molar-refractivity contribution in [2.24, 2.45) is 5.92 Å². The van der Waals surface area contributed by atoms with Crippen molar-refractivity contribution in [1.82, 2.24) is 14.9 Å². The smallest absolute Gasteiger partial charge is 0.266 e. The number of hydrogen-bond donors (Lipinski definition) is 1. The molecule has 0 atom stereocenters. The molecule has 34 heavy (non-hydrogen) atoms. The molecular weight excluding hydrogens is 456 g/mol. The van der Waals surface area contributed by atoms with Crippen LogP contribution in [0.2, 0.25) is 0 Å². The Hall–Kier alpha value is -3.97. The first-order valence-corrected chi connectivity index (χ1v) is 12.1. The summed E-state index contributed by atoms with van der Waals surface area (Å²) >= 11 is 0. The Morgan fingerprint density at radius 1 is 1.21 bits per heavy atom. The van der Waals surface area contributed by atoms with Crippen LogP contribution in [0.15, 0.2) is 58.2 Å². The highest BCUT2D eigenvalue weighted by atomic mass is 32.2. The Kier molecular flexibility index (Phi) is 5.63. The van der Waals surface area contributed by atoms with E-state index in [9.17, 15) is 8.42 Å². The van der Waals surface area contributed by atoms with Crippen LogP contribution in [0.5, 0.6) is 11.5 Å². The van der Waals surface area contributed by atoms with Gasteiger partial charge in [0.2, 0.25) is 0 Å². The minimum atomic E-state index is -4.07. The summed E-state index contributed by atoms with van der Waals surface area (Å²) in [5.41, 5.74) is 1.76. The molecule has 0 bridgehead atoms. The second-order valence-corrected chi connectivity index (χ2v) is 9.54. The third-order valence-electron chi connectivity index (χ3n) is 5.41. The predicted molar refractivity (Wildman–Crippen MR) is 125 cm³/mol. The Labute approximate surface area is 196 Å². The number of para-hydroxylation sites is 1. The Morgan fingerprint density at radius 2 is 2.06 bits per heavy atom. The van der Waals surface area contributed by atoms with Gasteiger partial charge in [0.1, 0.15) is 16.0 Å². The SMILES string of the molecule is COc1c(C#CC2CC2)cccc1S(=O)(=O)Nc1noc2cc(Cn3cccn3)cc(OC)c12. The van der Waals surface area contributed by atoms with Gasteiger partial charge < -0.3 is 14.0 Å². The van der Waals surface area contributed by atoms with Crippen LogP contribution in [0.25, 0.3) is 11.0 Å². The molecule has 9 nitrogen and oxygen atoms in total. The summed E-state index contributed by atoms with van der Waals surface area (Å²) in [5.74, 6) is 7.18. The van der Waals surface area contributed by atoms with Crippen LogP contribution in [0.3, 0.4) is 0 Å². The maximum absolute atomic E-state index is 13.3. The highest BCUT2D eigenvalue weighted by molar-refractivity contribution is 7.92. The average Bonchev–Trinajstić information content (AvgIpc) is 3.37. The molecule has 2 aromatic heterocycles. The van der Waals surface area contributed by atoms with E-state index in [1.54, 1.807) is 35.1 Å². The molecule has 0 radical (unpaired) electrons. The summed E-state index contributed by atoms with van der Waals surface area (Å²) < 4.78 is 47.3. The number of fused-ring (bicyclic) bond motifs is 1. The van der Waals surface area contributed by atoms with Gasteiger partial charge in [-0.25, -0.2) is 8.42 Å². The topological polar surface area (TPSA) is 108 Å². The van der Waals surface area contributed by atoms with Crippen LogP contribution in [0.4, 0.5) is 5.82 Å². The molecule has 174 valence electrons. The van der Waals surface area contributed by atoms with Crippen LogP contribution in [-0.2, 0) is 16.6 Å². The van der Waals surface area contributed by atoms with Crippen LogP contribution in [-0.4, -0.2) is 37.6 Å². The van der Waals surface area contributed by atoms with Gasteiger partial charge in [0, 0.05) is 18.3 Å². The standard InChI is InChI=1S/C24H22N4O5S/c1-31-19-13-17(15-28-12-4-11-25-28)14-20-22(19)24(26-33-20)27-34(29,30)21-6-3-5-18(23(21)32-2)10-9-16-7-8-16/h3-6,11-14,16H,7-8,15H2,1-2H3,(H,26,27). The number of nitrogens with zero attached hydrogens (tertiary/aromatic N) is 3. The number of ether oxygens (including phenoxy) is 2. The lowest BCUT2D eigenvalue weighted by atomic mass is 10.1. The third-order valence-corrected chi connectivity index (χ3v) is 6.78. The maximum atomic E-state index is 13.3. The van der Waals surface area contributed by atoms with E-state index in [0.29, 0.717) is 34.7 Å². The Morgan fingerprint density at radius 3 is 2.76 bits per heavy atom. The lowest BCUT2D eigenvalue weighted by Crippen LogP contribution is -2.15. The highest BCUT2D eigenvalue weighted by Crippen LogP contribution is 2.36. The molecule has 0 spiro atoms. The molecule has 0 amide bonds. The molecule has 1 N–H and O–H groups in total. The molecular formula is C24H22N4O5S. The number of benzene rings is 2. The van der Waals surface area contributed by atoms with Gasteiger partial charge in [-0.3, -0.25) is 9.40 Å². The van der Waals surface area contributed by atoms with Gasteiger partial charge in [-0.2, -0.15) is 5.10 Å². The fourth-order valence-corrected chi connectivity index (χ4v) is 4.82. The highest BCUT2D eigenvalue weighted by Gasteiger charge is 2.26. The molecule has 5 rings (SSSR count). The first-order valence-electron chi connectivity index (χ1n) is 10.6. The van der Waals surface area contributed by atoms with E-state index in [1.807, 2.05) is 12.3 Å². The quantitative estimate of drug-likeness (QED) is 0.404.